The Labute approximate surface area is 250 Å². The highest BCUT2D eigenvalue weighted by atomic mass is 32.2. The lowest BCUT2D eigenvalue weighted by molar-refractivity contribution is 0.681. The molecule has 0 amide bonds. The molecule has 7 rings (SSSR count). The molecule has 5 aromatic carbocycles. The van der Waals surface area contributed by atoms with Gasteiger partial charge in [0.2, 0.25) is 0 Å². The Morgan fingerprint density at radius 2 is 1.48 bits per heavy atom. The zero-order chi connectivity index (χ0) is 28.6. The van der Waals surface area contributed by atoms with Crippen molar-refractivity contribution in [2.75, 3.05) is 0 Å². The minimum Gasteiger partial charge on any atom is -0.345 e. The van der Waals surface area contributed by atoms with Crippen LogP contribution in [0.3, 0.4) is 0 Å². The van der Waals surface area contributed by atoms with Crippen molar-refractivity contribution in [1.82, 2.24) is 9.88 Å². The molecule has 0 fully saturated rings. The van der Waals surface area contributed by atoms with Gasteiger partial charge in [-0.25, -0.2) is 4.99 Å². The molecule has 0 saturated heterocycles. The van der Waals surface area contributed by atoms with Crippen LogP contribution in [-0.4, -0.2) is 16.7 Å². The third-order valence-corrected chi connectivity index (χ3v) is 9.27. The molecular formula is C37H30N4S. The quantitative estimate of drug-likeness (QED) is 0.162. The molecule has 5 heteroatoms. The molecule has 4 nitrogen and oxygen atoms in total. The minimum absolute atomic E-state index is 0.336. The summed E-state index contributed by atoms with van der Waals surface area (Å²) in [5.41, 5.74) is 9.05. The van der Waals surface area contributed by atoms with Crippen LogP contribution < -0.4 is 5.32 Å². The summed E-state index contributed by atoms with van der Waals surface area (Å²) in [5, 5.41) is 14.6. The summed E-state index contributed by atoms with van der Waals surface area (Å²) in [6.07, 6.45) is 1.51. The van der Waals surface area contributed by atoms with Crippen LogP contribution in [0.2, 0.25) is 0 Å². The molecular weight excluding hydrogens is 533 g/mol. The minimum atomic E-state index is -0.428. The Morgan fingerprint density at radius 3 is 2.29 bits per heavy atom. The van der Waals surface area contributed by atoms with E-state index in [2.05, 4.69) is 96.5 Å². The third-order valence-electron chi connectivity index (χ3n) is 8.05. The highest BCUT2D eigenvalue weighted by Gasteiger charge is 2.28. The Kier molecular flexibility index (Phi) is 6.73. The smallest absolute Gasteiger partial charge is 0.147 e. The van der Waals surface area contributed by atoms with E-state index in [-0.39, 0.29) is 0 Å². The highest BCUT2D eigenvalue weighted by molar-refractivity contribution is 7.99. The second kappa shape index (κ2) is 10.8. The fourth-order valence-corrected chi connectivity index (χ4v) is 6.99. The Bertz CT molecular complexity index is 1970. The summed E-state index contributed by atoms with van der Waals surface area (Å²) < 4.78 is 2.23. The number of aromatic nitrogens is 1. The van der Waals surface area contributed by atoms with Crippen molar-refractivity contribution in [3.63, 3.8) is 0 Å². The summed E-state index contributed by atoms with van der Waals surface area (Å²) in [4.78, 5) is 7.62. The van der Waals surface area contributed by atoms with E-state index in [9.17, 15) is 0 Å². The van der Waals surface area contributed by atoms with Gasteiger partial charge in [0.25, 0.3) is 0 Å². The molecule has 0 radical (unpaired) electrons. The predicted molar refractivity (Wildman–Crippen MR) is 176 cm³/mol. The van der Waals surface area contributed by atoms with Crippen LogP contribution in [0, 0.1) is 19.3 Å². The van der Waals surface area contributed by atoms with Crippen molar-refractivity contribution in [2.24, 2.45) is 4.99 Å². The lowest BCUT2D eigenvalue weighted by Crippen LogP contribution is -2.27. The SMILES string of the molecule is Cc1c2c(n(/C=N/C(NC(=N)c3ccccc3)c3ccccc3)c1C)-c1ccccc1Sc1c-2ccc2ccccc12. The van der Waals surface area contributed by atoms with Gasteiger partial charge in [-0.1, -0.05) is 127 Å². The number of nitrogens with zero attached hydrogens (tertiary/aromatic N) is 2. The van der Waals surface area contributed by atoms with Gasteiger partial charge >= 0.3 is 0 Å². The second-order valence-corrected chi connectivity index (χ2v) is 11.6. The van der Waals surface area contributed by atoms with Gasteiger partial charge in [-0.05, 0) is 47.4 Å². The van der Waals surface area contributed by atoms with E-state index in [1.807, 2.05) is 66.6 Å². The molecule has 1 aliphatic heterocycles. The molecule has 2 heterocycles. The maximum Gasteiger partial charge on any atom is 0.147 e. The van der Waals surface area contributed by atoms with E-state index >= 15 is 0 Å². The molecule has 1 atom stereocenters. The van der Waals surface area contributed by atoms with Crippen molar-refractivity contribution < 1.29 is 0 Å². The molecule has 6 aromatic rings. The molecule has 204 valence electrons. The second-order valence-electron chi connectivity index (χ2n) is 10.5. The van der Waals surface area contributed by atoms with Crippen LogP contribution >= 0.6 is 11.8 Å². The monoisotopic (exact) mass is 562 g/mol. The van der Waals surface area contributed by atoms with E-state index in [0.717, 1.165) is 22.5 Å². The maximum absolute atomic E-state index is 8.77. The standard InChI is InChI=1S/C37H30N4S/c1-24-25(2)41(23-39-37(28-16-7-4-8-17-28)40-36(38)27-14-5-3-6-15-27)34-30-19-11-12-20-32(30)42-35-29-18-10-9-13-26(29)21-22-31(35)33(24)34/h3-23,37H,1-2H3,(H2,38,40)/b39-23+. The van der Waals surface area contributed by atoms with Gasteiger partial charge in [0.05, 0.1) is 12.0 Å². The summed E-state index contributed by atoms with van der Waals surface area (Å²) in [7, 11) is 0. The maximum atomic E-state index is 8.77. The molecule has 2 N–H and O–H groups in total. The first-order valence-electron chi connectivity index (χ1n) is 14.1. The van der Waals surface area contributed by atoms with Gasteiger partial charge in [0.15, 0.2) is 0 Å². The number of fused-ring (bicyclic) bond motifs is 7. The number of amidine groups is 1. The van der Waals surface area contributed by atoms with E-state index in [1.165, 1.54) is 42.8 Å². The third kappa shape index (κ3) is 4.52. The zero-order valence-corrected chi connectivity index (χ0v) is 24.3. The molecule has 1 aliphatic rings. The number of benzene rings is 5. The van der Waals surface area contributed by atoms with E-state index < -0.39 is 6.17 Å². The van der Waals surface area contributed by atoms with Gasteiger partial charge in [-0.3, -0.25) is 5.41 Å². The Morgan fingerprint density at radius 1 is 0.786 bits per heavy atom. The zero-order valence-electron chi connectivity index (χ0n) is 23.5. The number of rotatable bonds is 5. The fraction of sp³-hybridized carbons (Fsp3) is 0.0811. The van der Waals surface area contributed by atoms with Crippen LogP contribution in [-0.2, 0) is 0 Å². The molecule has 0 saturated carbocycles. The van der Waals surface area contributed by atoms with Crippen LogP contribution in [0.5, 0.6) is 0 Å². The van der Waals surface area contributed by atoms with Gasteiger partial charge in [0, 0.05) is 32.2 Å². The first-order valence-corrected chi connectivity index (χ1v) is 14.9. The van der Waals surface area contributed by atoms with Crippen LogP contribution in [0.15, 0.2) is 136 Å². The largest absolute Gasteiger partial charge is 0.345 e. The molecule has 1 unspecified atom stereocenters. The number of aliphatic imine (C=N–C) groups is 1. The van der Waals surface area contributed by atoms with Crippen molar-refractivity contribution >= 4 is 34.7 Å². The molecule has 0 aliphatic carbocycles. The van der Waals surface area contributed by atoms with Crippen molar-refractivity contribution in [3.8, 4) is 22.4 Å². The number of hydrogen-bond acceptors (Lipinski definition) is 3. The number of hydrogen-bond donors (Lipinski definition) is 2. The van der Waals surface area contributed by atoms with Gasteiger partial charge < -0.3 is 9.88 Å². The van der Waals surface area contributed by atoms with Gasteiger partial charge in [-0.15, -0.1) is 0 Å². The normalized spacial score (nSPS) is 12.8. The lowest BCUT2D eigenvalue weighted by Gasteiger charge is -2.18. The van der Waals surface area contributed by atoms with Gasteiger partial charge in [0.1, 0.15) is 12.0 Å². The fourth-order valence-electron chi connectivity index (χ4n) is 5.78. The summed E-state index contributed by atoms with van der Waals surface area (Å²) in [6.45, 7) is 4.39. The van der Waals surface area contributed by atoms with Gasteiger partial charge in [-0.2, -0.15) is 0 Å². The van der Waals surface area contributed by atoms with E-state index in [0.29, 0.717) is 5.84 Å². The summed E-state index contributed by atoms with van der Waals surface area (Å²) >= 11 is 1.85. The Balaban J connectivity index is 1.40. The first-order chi connectivity index (χ1) is 20.6. The average molecular weight is 563 g/mol. The van der Waals surface area contributed by atoms with Crippen LogP contribution in [0.25, 0.3) is 33.2 Å². The molecule has 0 bridgehead atoms. The average Bonchev–Trinajstić information content (AvgIpc) is 3.19. The van der Waals surface area contributed by atoms with Crippen LogP contribution in [0.1, 0.15) is 28.6 Å². The molecule has 0 spiro atoms. The van der Waals surface area contributed by atoms with Crippen LogP contribution in [0.4, 0.5) is 0 Å². The number of nitrogens with one attached hydrogen (secondary N) is 2. The summed E-state index contributed by atoms with van der Waals surface area (Å²) in [5.74, 6) is 0.336. The summed E-state index contributed by atoms with van der Waals surface area (Å²) in [6, 6.07) is 41.7. The Hall–Kier alpha value is -4.87. The van der Waals surface area contributed by atoms with Crippen molar-refractivity contribution in [1.29, 1.82) is 5.41 Å². The lowest BCUT2D eigenvalue weighted by atomic mass is 9.95. The predicted octanol–water partition coefficient (Wildman–Crippen LogP) is 9.25. The first kappa shape index (κ1) is 26.1. The van der Waals surface area contributed by atoms with E-state index in [1.54, 1.807) is 0 Å². The molecule has 42 heavy (non-hydrogen) atoms. The van der Waals surface area contributed by atoms with Crippen molar-refractivity contribution in [2.45, 2.75) is 29.8 Å². The van der Waals surface area contributed by atoms with E-state index in [4.69, 9.17) is 10.4 Å². The van der Waals surface area contributed by atoms with Crippen molar-refractivity contribution in [3.05, 3.63) is 144 Å². The topological polar surface area (TPSA) is 53.2 Å². The highest BCUT2D eigenvalue weighted by Crippen LogP contribution is 2.52. The molecule has 1 aromatic heterocycles.